The van der Waals surface area contributed by atoms with Crippen LogP contribution < -0.4 is 5.73 Å². The Labute approximate surface area is 116 Å². The molecule has 0 aliphatic heterocycles. The van der Waals surface area contributed by atoms with E-state index in [0.29, 0.717) is 11.0 Å². The van der Waals surface area contributed by atoms with Gasteiger partial charge in [0.15, 0.2) is 0 Å². The molecular weight excluding hydrogens is 258 g/mol. The van der Waals surface area contributed by atoms with E-state index in [1.54, 1.807) is 0 Å². The summed E-state index contributed by atoms with van der Waals surface area (Å²) < 4.78 is 1.90. The van der Waals surface area contributed by atoms with Crippen LogP contribution in [0.25, 0.3) is 16.7 Å². The van der Waals surface area contributed by atoms with Crippen LogP contribution in [0.5, 0.6) is 0 Å². The highest BCUT2D eigenvalue weighted by Crippen LogP contribution is 2.29. The lowest BCUT2D eigenvalue weighted by Gasteiger charge is -2.09. The smallest absolute Gasteiger partial charge is 0.205 e. The molecule has 0 aliphatic carbocycles. The van der Waals surface area contributed by atoms with Crippen molar-refractivity contribution >= 4 is 28.6 Å². The monoisotopic (exact) mass is 271 g/mol. The molecule has 3 rings (SSSR count). The van der Waals surface area contributed by atoms with Gasteiger partial charge in [0.1, 0.15) is 0 Å². The van der Waals surface area contributed by atoms with Crippen molar-refractivity contribution in [3.05, 3.63) is 52.5 Å². The molecule has 2 aromatic carbocycles. The summed E-state index contributed by atoms with van der Waals surface area (Å²) in [6, 6.07) is 11.9. The number of nitrogens with two attached hydrogens (primary N) is 1. The predicted octanol–water partition coefficient (Wildman–Crippen LogP) is 3.88. The Balaban J connectivity index is 2.38. The summed E-state index contributed by atoms with van der Waals surface area (Å²) >= 11 is 6.29. The molecule has 4 heteroatoms. The Kier molecular flexibility index (Phi) is 2.72. The molecular formula is C15H14ClN3. The number of imidazole rings is 1. The Hall–Kier alpha value is -2.00. The quantitative estimate of drug-likeness (QED) is 0.730. The molecule has 96 valence electrons. The second-order valence-corrected chi connectivity index (χ2v) is 5.17. The van der Waals surface area contributed by atoms with Crippen LogP contribution in [-0.2, 0) is 0 Å². The van der Waals surface area contributed by atoms with E-state index in [9.17, 15) is 0 Å². The minimum atomic E-state index is 0.452. The fourth-order valence-electron chi connectivity index (χ4n) is 2.44. The summed E-state index contributed by atoms with van der Waals surface area (Å²) in [6.07, 6.45) is 0. The number of hydrogen-bond acceptors (Lipinski definition) is 2. The highest BCUT2D eigenvalue weighted by atomic mass is 35.5. The van der Waals surface area contributed by atoms with Crippen LogP contribution in [0.1, 0.15) is 11.1 Å². The number of aryl methyl sites for hydroxylation is 2. The van der Waals surface area contributed by atoms with Crippen molar-refractivity contribution in [3.8, 4) is 5.69 Å². The predicted molar refractivity (Wildman–Crippen MR) is 80.0 cm³/mol. The van der Waals surface area contributed by atoms with Gasteiger partial charge in [-0.15, -0.1) is 0 Å². The second-order valence-electron chi connectivity index (χ2n) is 4.76. The molecule has 0 unspecified atom stereocenters. The molecule has 3 nitrogen and oxygen atoms in total. The SMILES string of the molecule is Cc1cc(C)cc(-n2c(N)nc3cccc(Cl)c32)c1. The average molecular weight is 272 g/mol. The van der Waals surface area contributed by atoms with Crippen molar-refractivity contribution < 1.29 is 0 Å². The van der Waals surface area contributed by atoms with Gasteiger partial charge in [-0.25, -0.2) is 4.98 Å². The fourth-order valence-corrected chi connectivity index (χ4v) is 2.70. The first kappa shape index (κ1) is 12.1. The van der Waals surface area contributed by atoms with Crippen molar-refractivity contribution in [2.45, 2.75) is 13.8 Å². The van der Waals surface area contributed by atoms with Crippen LogP contribution in [0, 0.1) is 13.8 Å². The van der Waals surface area contributed by atoms with E-state index in [0.717, 1.165) is 16.7 Å². The lowest BCUT2D eigenvalue weighted by Crippen LogP contribution is -2.01. The van der Waals surface area contributed by atoms with Crippen LogP contribution in [-0.4, -0.2) is 9.55 Å². The van der Waals surface area contributed by atoms with Gasteiger partial charge in [-0.1, -0.05) is 23.7 Å². The van der Waals surface area contributed by atoms with Crippen LogP contribution in [0.4, 0.5) is 5.95 Å². The van der Waals surface area contributed by atoms with Crippen molar-refractivity contribution in [2.75, 3.05) is 5.73 Å². The van der Waals surface area contributed by atoms with Gasteiger partial charge in [0.2, 0.25) is 5.95 Å². The number of halogens is 1. The van der Waals surface area contributed by atoms with Gasteiger partial charge in [-0.05, 0) is 49.2 Å². The van der Waals surface area contributed by atoms with E-state index in [1.165, 1.54) is 11.1 Å². The van der Waals surface area contributed by atoms with Crippen LogP contribution in [0.3, 0.4) is 0 Å². The number of nitrogens with zero attached hydrogens (tertiary/aromatic N) is 2. The third-order valence-electron chi connectivity index (χ3n) is 3.12. The number of rotatable bonds is 1. The molecule has 2 N–H and O–H groups in total. The van der Waals surface area contributed by atoms with Crippen LogP contribution in [0.15, 0.2) is 36.4 Å². The summed E-state index contributed by atoms with van der Waals surface area (Å²) in [7, 11) is 0. The van der Waals surface area contributed by atoms with Crippen molar-refractivity contribution in [3.63, 3.8) is 0 Å². The summed E-state index contributed by atoms with van der Waals surface area (Å²) in [5, 5.41) is 0.654. The second kappa shape index (κ2) is 4.28. The number of benzene rings is 2. The lowest BCUT2D eigenvalue weighted by atomic mass is 10.1. The average Bonchev–Trinajstić information content (AvgIpc) is 2.65. The molecule has 1 aromatic heterocycles. The molecule has 19 heavy (non-hydrogen) atoms. The maximum atomic E-state index is 6.29. The molecule has 0 saturated heterocycles. The van der Waals surface area contributed by atoms with Crippen molar-refractivity contribution in [1.82, 2.24) is 9.55 Å². The lowest BCUT2D eigenvalue weighted by molar-refractivity contribution is 1.10. The molecule has 3 aromatic rings. The number of hydrogen-bond donors (Lipinski definition) is 1. The van der Waals surface area contributed by atoms with Gasteiger partial charge < -0.3 is 5.73 Å². The van der Waals surface area contributed by atoms with Crippen LogP contribution in [0.2, 0.25) is 5.02 Å². The highest BCUT2D eigenvalue weighted by Gasteiger charge is 2.13. The zero-order valence-corrected chi connectivity index (χ0v) is 11.6. The maximum Gasteiger partial charge on any atom is 0.205 e. The first-order valence-electron chi connectivity index (χ1n) is 6.07. The van der Waals surface area contributed by atoms with Crippen molar-refractivity contribution in [2.24, 2.45) is 0 Å². The standard InChI is InChI=1S/C15H14ClN3/c1-9-6-10(2)8-11(7-9)19-14-12(16)4-3-5-13(14)18-15(19)17/h3-8H,1-2H3,(H2,17,18). The van der Waals surface area contributed by atoms with Gasteiger partial charge in [-0.3, -0.25) is 4.57 Å². The number of nitrogen functional groups attached to an aromatic ring is 1. The first-order chi connectivity index (χ1) is 9.06. The minimum absolute atomic E-state index is 0.452. The van der Waals surface area contributed by atoms with Gasteiger partial charge >= 0.3 is 0 Å². The van der Waals surface area contributed by atoms with E-state index in [-0.39, 0.29) is 0 Å². The zero-order valence-electron chi connectivity index (χ0n) is 10.8. The van der Waals surface area contributed by atoms with Gasteiger partial charge in [0.05, 0.1) is 16.1 Å². The first-order valence-corrected chi connectivity index (χ1v) is 6.45. The molecule has 1 heterocycles. The molecule has 0 saturated carbocycles. The maximum absolute atomic E-state index is 6.29. The third kappa shape index (κ3) is 1.96. The number of fused-ring (bicyclic) bond motifs is 1. The summed E-state index contributed by atoms with van der Waals surface area (Å²) in [5.74, 6) is 0.452. The molecule has 0 fully saturated rings. The molecule has 0 amide bonds. The van der Waals surface area contributed by atoms with Crippen LogP contribution >= 0.6 is 11.6 Å². The van der Waals surface area contributed by atoms with Gasteiger partial charge in [-0.2, -0.15) is 0 Å². The Bertz CT molecular complexity index is 754. The Morgan fingerprint density at radius 3 is 2.47 bits per heavy atom. The number of anilines is 1. The Morgan fingerprint density at radius 1 is 1.11 bits per heavy atom. The van der Waals surface area contributed by atoms with Gasteiger partial charge in [0, 0.05) is 5.69 Å². The normalized spacial score (nSPS) is 11.1. The van der Waals surface area contributed by atoms with E-state index in [4.69, 9.17) is 17.3 Å². The number of aromatic nitrogens is 2. The fraction of sp³-hybridized carbons (Fsp3) is 0.133. The van der Waals surface area contributed by atoms with E-state index in [1.807, 2.05) is 22.8 Å². The van der Waals surface area contributed by atoms with Gasteiger partial charge in [0.25, 0.3) is 0 Å². The number of para-hydroxylation sites is 1. The van der Waals surface area contributed by atoms with E-state index < -0.39 is 0 Å². The molecule has 0 spiro atoms. The molecule has 0 atom stereocenters. The summed E-state index contributed by atoms with van der Waals surface area (Å²) in [5.41, 5.74) is 11.1. The van der Waals surface area contributed by atoms with E-state index >= 15 is 0 Å². The summed E-state index contributed by atoms with van der Waals surface area (Å²) in [4.78, 5) is 4.37. The Morgan fingerprint density at radius 2 is 1.79 bits per heavy atom. The topological polar surface area (TPSA) is 43.8 Å². The highest BCUT2D eigenvalue weighted by molar-refractivity contribution is 6.35. The molecule has 0 bridgehead atoms. The zero-order chi connectivity index (χ0) is 13.6. The molecule has 0 aliphatic rings. The molecule has 0 radical (unpaired) electrons. The van der Waals surface area contributed by atoms with E-state index in [2.05, 4.69) is 37.0 Å². The summed E-state index contributed by atoms with van der Waals surface area (Å²) in [6.45, 7) is 4.13. The third-order valence-corrected chi connectivity index (χ3v) is 3.42. The van der Waals surface area contributed by atoms with Crippen molar-refractivity contribution in [1.29, 1.82) is 0 Å². The largest absolute Gasteiger partial charge is 0.369 e. The minimum Gasteiger partial charge on any atom is -0.369 e.